The van der Waals surface area contributed by atoms with Crippen molar-refractivity contribution in [3.63, 3.8) is 0 Å². The average molecular weight is 359 g/mol. The third-order valence-corrected chi connectivity index (χ3v) is 5.79. The van der Waals surface area contributed by atoms with E-state index in [1.807, 2.05) is 6.07 Å². The number of allylic oxidation sites excluding steroid dienone is 2. The highest BCUT2D eigenvalue weighted by molar-refractivity contribution is 6.22. The van der Waals surface area contributed by atoms with Crippen LogP contribution < -0.4 is 9.64 Å². The summed E-state index contributed by atoms with van der Waals surface area (Å²) in [6, 6.07) is 15.3. The predicted octanol–water partition coefficient (Wildman–Crippen LogP) is 3.22. The van der Waals surface area contributed by atoms with E-state index in [9.17, 15) is 14.4 Å². The van der Waals surface area contributed by atoms with E-state index >= 15 is 0 Å². The first-order valence-electron chi connectivity index (χ1n) is 9.07. The van der Waals surface area contributed by atoms with Crippen molar-refractivity contribution in [2.45, 2.75) is 6.42 Å². The molecule has 0 aromatic heterocycles. The van der Waals surface area contributed by atoms with Crippen LogP contribution in [-0.2, 0) is 9.59 Å². The molecule has 2 bridgehead atoms. The van der Waals surface area contributed by atoms with Crippen molar-refractivity contribution in [3.05, 3.63) is 72.3 Å². The number of hydrogen-bond donors (Lipinski definition) is 0. The highest BCUT2D eigenvalue weighted by Crippen LogP contribution is 2.53. The maximum absolute atomic E-state index is 12.8. The summed E-state index contributed by atoms with van der Waals surface area (Å²) in [6.07, 6.45) is 5.05. The number of imide groups is 1. The van der Waals surface area contributed by atoms with Crippen LogP contribution in [0.25, 0.3) is 0 Å². The zero-order chi connectivity index (χ0) is 18.5. The Morgan fingerprint density at radius 2 is 1.44 bits per heavy atom. The molecule has 2 amide bonds. The van der Waals surface area contributed by atoms with Crippen molar-refractivity contribution in [2.24, 2.45) is 23.7 Å². The molecular weight excluding hydrogens is 342 g/mol. The Morgan fingerprint density at radius 3 is 2.04 bits per heavy atom. The molecule has 2 aromatic rings. The lowest BCUT2D eigenvalue weighted by Gasteiger charge is -2.17. The number of carbonyl (C=O) groups excluding carboxylic acids is 3. The Bertz CT molecular complexity index is 934. The largest absolute Gasteiger partial charge is 0.423 e. The zero-order valence-corrected chi connectivity index (χ0v) is 14.4. The third-order valence-electron chi connectivity index (χ3n) is 5.79. The lowest BCUT2D eigenvalue weighted by atomic mass is 9.85. The average Bonchev–Trinajstić information content (AvgIpc) is 3.37. The summed E-state index contributed by atoms with van der Waals surface area (Å²) in [5, 5.41) is 0. The van der Waals surface area contributed by atoms with Crippen LogP contribution in [0.3, 0.4) is 0 Å². The quantitative estimate of drug-likeness (QED) is 0.365. The van der Waals surface area contributed by atoms with E-state index in [0.29, 0.717) is 17.0 Å². The number of esters is 1. The summed E-state index contributed by atoms with van der Waals surface area (Å²) in [4.78, 5) is 39.2. The van der Waals surface area contributed by atoms with Gasteiger partial charge in [0.2, 0.25) is 11.8 Å². The molecule has 1 saturated heterocycles. The van der Waals surface area contributed by atoms with Crippen molar-refractivity contribution >= 4 is 23.5 Å². The molecular formula is C22H17NO4. The lowest BCUT2D eigenvalue weighted by Crippen LogP contribution is -2.32. The minimum atomic E-state index is -0.481. The first-order valence-corrected chi connectivity index (χ1v) is 9.07. The number of para-hydroxylation sites is 1. The smallest absolute Gasteiger partial charge is 0.343 e. The Hall–Kier alpha value is -3.21. The van der Waals surface area contributed by atoms with Crippen molar-refractivity contribution in [2.75, 3.05) is 4.90 Å². The van der Waals surface area contributed by atoms with Crippen molar-refractivity contribution < 1.29 is 19.1 Å². The van der Waals surface area contributed by atoms with E-state index in [-0.39, 0.29) is 35.5 Å². The number of anilines is 1. The van der Waals surface area contributed by atoms with Crippen LogP contribution in [0.2, 0.25) is 0 Å². The second kappa shape index (κ2) is 5.91. The summed E-state index contributed by atoms with van der Waals surface area (Å²) in [6.45, 7) is 0. The number of amides is 2. The first-order chi connectivity index (χ1) is 13.1. The SMILES string of the molecule is O=C(Oc1ccccc1)c1ccc(N2C(=O)[C@@H]3[C@@H](C2=O)[C@H]2C=C[C@H]3C2)cc1. The molecule has 5 rings (SSSR count). The van der Waals surface area contributed by atoms with Crippen LogP contribution in [0.4, 0.5) is 5.69 Å². The molecule has 1 aliphatic heterocycles. The van der Waals surface area contributed by atoms with E-state index in [1.54, 1.807) is 48.5 Å². The second-order valence-electron chi connectivity index (χ2n) is 7.26. The number of fused-ring (bicyclic) bond motifs is 5. The van der Waals surface area contributed by atoms with Gasteiger partial charge in [0.15, 0.2) is 0 Å². The summed E-state index contributed by atoms with van der Waals surface area (Å²) in [5.41, 5.74) is 0.874. The van der Waals surface area contributed by atoms with Crippen LogP contribution in [0.1, 0.15) is 16.8 Å². The highest BCUT2D eigenvalue weighted by atomic mass is 16.5. The molecule has 3 aliphatic rings. The topological polar surface area (TPSA) is 63.7 Å². The van der Waals surface area contributed by atoms with Gasteiger partial charge in [0.25, 0.3) is 0 Å². The molecule has 4 atom stereocenters. The van der Waals surface area contributed by atoms with Gasteiger partial charge in [0, 0.05) is 0 Å². The predicted molar refractivity (Wildman–Crippen MR) is 98.1 cm³/mol. The molecule has 5 heteroatoms. The van der Waals surface area contributed by atoms with Gasteiger partial charge in [0.1, 0.15) is 5.75 Å². The molecule has 2 aromatic carbocycles. The molecule has 5 nitrogen and oxygen atoms in total. The molecule has 1 heterocycles. The van der Waals surface area contributed by atoms with E-state index in [0.717, 1.165) is 6.42 Å². The summed E-state index contributed by atoms with van der Waals surface area (Å²) in [7, 11) is 0. The standard InChI is InChI=1S/C22H17NO4/c24-20-18-14-6-7-15(12-14)19(18)21(25)23(20)16-10-8-13(9-11-16)22(26)27-17-4-2-1-3-5-17/h1-11,14-15,18-19H,12H2/t14-,15-,18-,19-/m0/s1. The monoisotopic (exact) mass is 359 g/mol. The Balaban J connectivity index is 1.36. The molecule has 2 aliphatic carbocycles. The summed E-state index contributed by atoms with van der Waals surface area (Å²) in [5.74, 6) is -0.352. The van der Waals surface area contributed by atoms with E-state index in [4.69, 9.17) is 4.74 Å². The maximum atomic E-state index is 12.8. The maximum Gasteiger partial charge on any atom is 0.343 e. The van der Waals surface area contributed by atoms with Gasteiger partial charge in [-0.3, -0.25) is 14.5 Å². The number of ether oxygens (including phenoxy) is 1. The number of benzene rings is 2. The fourth-order valence-corrected chi connectivity index (χ4v) is 4.56. The van der Waals surface area contributed by atoms with Gasteiger partial charge in [-0.2, -0.15) is 0 Å². The number of rotatable bonds is 3. The van der Waals surface area contributed by atoms with Gasteiger partial charge in [-0.25, -0.2) is 4.79 Å². The van der Waals surface area contributed by atoms with E-state index in [2.05, 4.69) is 12.2 Å². The Morgan fingerprint density at radius 1 is 0.852 bits per heavy atom. The van der Waals surface area contributed by atoms with Gasteiger partial charge >= 0.3 is 5.97 Å². The molecule has 134 valence electrons. The molecule has 1 saturated carbocycles. The molecule has 0 radical (unpaired) electrons. The van der Waals surface area contributed by atoms with Crippen molar-refractivity contribution in [3.8, 4) is 5.75 Å². The molecule has 0 unspecified atom stereocenters. The number of hydrogen-bond acceptors (Lipinski definition) is 4. The fraction of sp³-hybridized carbons (Fsp3) is 0.227. The van der Waals surface area contributed by atoms with Gasteiger partial charge in [0.05, 0.1) is 23.1 Å². The van der Waals surface area contributed by atoms with Crippen molar-refractivity contribution in [1.29, 1.82) is 0 Å². The first kappa shape index (κ1) is 16.0. The molecule has 2 fully saturated rings. The minimum absolute atomic E-state index is 0.124. The second-order valence-corrected chi connectivity index (χ2v) is 7.26. The van der Waals surface area contributed by atoms with Crippen LogP contribution >= 0.6 is 0 Å². The summed E-state index contributed by atoms with van der Waals surface area (Å²) >= 11 is 0. The fourth-order valence-electron chi connectivity index (χ4n) is 4.56. The van der Waals surface area contributed by atoms with E-state index in [1.165, 1.54) is 4.90 Å². The van der Waals surface area contributed by atoms with Gasteiger partial charge in [-0.15, -0.1) is 0 Å². The summed E-state index contributed by atoms with van der Waals surface area (Å²) < 4.78 is 5.31. The third kappa shape index (κ3) is 2.42. The lowest BCUT2D eigenvalue weighted by molar-refractivity contribution is -0.123. The van der Waals surface area contributed by atoms with Gasteiger partial charge < -0.3 is 4.74 Å². The minimum Gasteiger partial charge on any atom is -0.423 e. The number of carbonyl (C=O) groups is 3. The molecule has 0 N–H and O–H groups in total. The van der Waals surface area contributed by atoms with Crippen LogP contribution in [0.15, 0.2) is 66.7 Å². The molecule has 0 spiro atoms. The van der Waals surface area contributed by atoms with Crippen LogP contribution in [0, 0.1) is 23.7 Å². The Labute approximate surface area is 156 Å². The van der Waals surface area contributed by atoms with Crippen molar-refractivity contribution in [1.82, 2.24) is 0 Å². The van der Waals surface area contributed by atoms with Crippen LogP contribution in [0.5, 0.6) is 5.75 Å². The van der Waals surface area contributed by atoms with Gasteiger partial charge in [-0.05, 0) is 54.7 Å². The Kier molecular flexibility index (Phi) is 3.50. The van der Waals surface area contributed by atoms with Gasteiger partial charge in [-0.1, -0.05) is 30.4 Å². The normalized spacial score (nSPS) is 27.9. The molecule has 27 heavy (non-hydrogen) atoms. The van der Waals surface area contributed by atoms with E-state index < -0.39 is 5.97 Å². The number of nitrogens with zero attached hydrogens (tertiary/aromatic N) is 1. The highest BCUT2D eigenvalue weighted by Gasteiger charge is 2.59. The zero-order valence-electron chi connectivity index (χ0n) is 14.4. The van der Waals surface area contributed by atoms with Crippen LogP contribution in [-0.4, -0.2) is 17.8 Å².